The fourth-order valence-electron chi connectivity index (χ4n) is 3.32. The molecule has 0 spiro atoms. The summed E-state index contributed by atoms with van der Waals surface area (Å²) in [5, 5.41) is 12.1. The Bertz CT molecular complexity index is 592. The summed E-state index contributed by atoms with van der Waals surface area (Å²) in [4.78, 5) is 52.5. The number of hydrogen-bond acceptors (Lipinski definition) is 5. The molecule has 2 heterocycles. The molecule has 0 aromatic carbocycles. The van der Waals surface area contributed by atoms with E-state index >= 15 is 0 Å². The Labute approximate surface area is 159 Å². The predicted octanol–water partition coefficient (Wildman–Crippen LogP) is 0.824. The maximum Gasteiger partial charge on any atom is 0.326 e. The number of epoxide rings is 1. The molecule has 4 atom stereocenters. The van der Waals surface area contributed by atoms with E-state index in [1.54, 1.807) is 6.92 Å². The highest BCUT2D eigenvalue weighted by molar-refractivity contribution is 6.02. The standard InChI is InChI=1S/C18H29N3O6/c1-4-8-19-18(26)21(15(22)13-10-27-13)14(11(3)5-2)16(23)20-9-6-7-12(20)17(24)25/h11-14H,4-10H2,1-3H3,(H,19,26)(H,24,25)/t11?,12-,13?,14-/m0/s1. The molecule has 152 valence electrons. The second-order valence-corrected chi connectivity index (χ2v) is 7.12. The number of carboxylic acids is 1. The molecular formula is C18H29N3O6. The van der Waals surface area contributed by atoms with E-state index in [1.807, 2.05) is 13.8 Å². The van der Waals surface area contributed by atoms with Crippen molar-refractivity contribution in [3.05, 3.63) is 0 Å². The zero-order valence-corrected chi connectivity index (χ0v) is 16.1. The summed E-state index contributed by atoms with van der Waals surface area (Å²) in [7, 11) is 0. The predicted molar refractivity (Wildman–Crippen MR) is 95.9 cm³/mol. The number of urea groups is 1. The monoisotopic (exact) mass is 383 g/mol. The van der Waals surface area contributed by atoms with Gasteiger partial charge in [-0.2, -0.15) is 0 Å². The van der Waals surface area contributed by atoms with Crippen molar-refractivity contribution in [2.75, 3.05) is 19.7 Å². The zero-order chi connectivity index (χ0) is 20.1. The van der Waals surface area contributed by atoms with Crippen LogP contribution in [0.15, 0.2) is 0 Å². The van der Waals surface area contributed by atoms with Crippen molar-refractivity contribution in [3.63, 3.8) is 0 Å². The average molecular weight is 383 g/mol. The smallest absolute Gasteiger partial charge is 0.326 e. The molecule has 0 aliphatic carbocycles. The van der Waals surface area contributed by atoms with Crippen molar-refractivity contribution in [2.24, 2.45) is 5.92 Å². The molecular weight excluding hydrogens is 354 g/mol. The highest BCUT2D eigenvalue weighted by atomic mass is 16.6. The molecule has 4 amide bonds. The molecule has 27 heavy (non-hydrogen) atoms. The van der Waals surface area contributed by atoms with Gasteiger partial charge in [-0.1, -0.05) is 27.2 Å². The van der Waals surface area contributed by atoms with Crippen LogP contribution in [0.2, 0.25) is 0 Å². The maximum atomic E-state index is 13.3. The summed E-state index contributed by atoms with van der Waals surface area (Å²) in [6.45, 7) is 6.44. The molecule has 2 saturated heterocycles. The molecule has 2 fully saturated rings. The van der Waals surface area contributed by atoms with E-state index in [1.165, 1.54) is 4.90 Å². The number of hydrogen-bond donors (Lipinski definition) is 2. The van der Waals surface area contributed by atoms with Gasteiger partial charge >= 0.3 is 12.0 Å². The molecule has 0 aromatic rings. The van der Waals surface area contributed by atoms with Crippen molar-refractivity contribution in [2.45, 2.75) is 64.6 Å². The number of ether oxygens (including phenoxy) is 1. The Kier molecular flexibility index (Phi) is 7.18. The third-order valence-electron chi connectivity index (χ3n) is 5.13. The van der Waals surface area contributed by atoms with Gasteiger partial charge in [0, 0.05) is 13.1 Å². The van der Waals surface area contributed by atoms with Crippen molar-refractivity contribution in [1.82, 2.24) is 15.1 Å². The number of aliphatic carboxylic acids is 1. The molecule has 9 nitrogen and oxygen atoms in total. The van der Waals surface area contributed by atoms with Crippen molar-refractivity contribution in [3.8, 4) is 0 Å². The molecule has 0 saturated carbocycles. The SMILES string of the molecule is CCCNC(=O)N(C(=O)C1CO1)[C@H](C(=O)N1CCC[C@H]1C(=O)O)C(C)CC. The molecule has 0 bridgehead atoms. The largest absolute Gasteiger partial charge is 0.480 e. The first kappa shape index (κ1) is 21.1. The Morgan fingerprint density at radius 3 is 2.48 bits per heavy atom. The van der Waals surface area contributed by atoms with Crippen LogP contribution in [-0.2, 0) is 19.1 Å². The van der Waals surface area contributed by atoms with Gasteiger partial charge in [-0.25, -0.2) is 14.5 Å². The van der Waals surface area contributed by atoms with Crippen LogP contribution < -0.4 is 5.32 Å². The lowest BCUT2D eigenvalue weighted by atomic mass is 9.95. The molecule has 2 rings (SSSR count). The summed E-state index contributed by atoms with van der Waals surface area (Å²) in [5.41, 5.74) is 0. The van der Waals surface area contributed by atoms with Gasteiger partial charge < -0.3 is 20.1 Å². The molecule has 2 unspecified atom stereocenters. The lowest BCUT2D eigenvalue weighted by molar-refractivity contribution is -0.152. The van der Waals surface area contributed by atoms with Crippen LogP contribution in [0.3, 0.4) is 0 Å². The van der Waals surface area contributed by atoms with Gasteiger partial charge in [0.15, 0.2) is 6.10 Å². The first-order chi connectivity index (χ1) is 12.8. The van der Waals surface area contributed by atoms with E-state index < -0.39 is 42.0 Å². The first-order valence-electron chi connectivity index (χ1n) is 9.59. The zero-order valence-electron chi connectivity index (χ0n) is 16.1. The molecule has 0 radical (unpaired) electrons. The highest BCUT2D eigenvalue weighted by Crippen LogP contribution is 2.26. The Morgan fingerprint density at radius 2 is 1.96 bits per heavy atom. The van der Waals surface area contributed by atoms with E-state index in [-0.39, 0.29) is 12.5 Å². The van der Waals surface area contributed by atoms with Crippen LogP contribution >= 0.6 is 0 Å². The number of likely N-dealkylation sites (tertiary alicyclic amines) is 1. The molecule has 0 aromatic heterocycles. The average Bonchev–Trinajstić information content (AvgIpc) is 3.38. The number of nitrogens with one attached hydrogen (secondary N) is 1. The van der Waals surface area contributed by atoms with Gasteiger partial charge in [-0.15, -0.1) is 0 Å². The summed E-state index contributed by atoms with van der Waals surface area (Å²) < 4.78 is 5.04. The second-order valence-electron chi connectivity index (χ2n) is 7.12. The second kappa shape index (κ2) is 9.16. The van der Waals surface area contributed by atoms with Gasteiger partial charge in [0.2, 0.25) is 5.91 Å². The lowest BCUT2D eigenvalue weighted by Crippen LogP contribution is -2.60. The Hall–Kier alpha value is -2.16. The van der Waals surface area contributed by atoms with E-state index in [4.69, 9.17) is 4.74 Å². The quantitative estimate of drug-likeness (QED) is 0.599. The summed E-state index contributed by atoms with van der Waals surface area (Å²) in [5.74, 6) is -2.42. The number of amides is 4. The minimum absolute atomic E-state index is 0.222. The number of carbonyl (C=O) groups excluding carboxylic acids is 3. The third kappa shape index (κ3) is 4.77. The van der Waals surface area contributed by atoms with Crippen LogP contribution in [0.1, 0.15) is 46.5 Å². The molecule has 2 aliphatic rings. The number of nitrogens with zero attached hydrogens (tertiary/aromatic N) is 2. The van der Waals surface area contributed by atoms with Gasteiger partial charge in [0.05, 0.1) is 6.61 Å². The van der Waals surface area contributed by atoms with Crippen LogP contribution in [0, 0.1) is 5.92 Å². The number of carboxylic acid groups (broad SMARTS) is 1. The lowest BCUT2D eigenvalue weighted by Gasteiger charge is -2.36. The number of rotatable bonds is 8. The van der Waals surface area contributed by atoms with Crippen LogP contribution in [-0.4, -0.2) is 76.6 Å². The summed E-state index contributed by atoms with van der Waals surface area (Å²) in [6.07, 6.45) is 1.47. The Balaban J connectivity index is 2.34. The van der Waals surface area contributed by atoms with Crippen molar-refractivity contribution >= 4 is 23.8 Å². The Morgan fingerprint density at radius 1 is 1.30 bits per heavy atom. The molecule has 2 N–H and O–H groups in total. The fourth-order valence-corrected chi connectivity index (χ4v) is 3.32. The van der Waals surface area contributed by atoms with E-state index in [9.17, 15) is 24.3 Å². The van der Waals surface area contributed by atoms with E-state index in [2.05, 4.69) is 5.32 Å². The van der Waals surface area contributed by atoms with Gasteiger partial charge in [-0.3, -0.25) is 9.59 Å². The first-order valence-corrected chi connectivity index (χ1v) is 9.59. The van der Waals surface area contributed by atoms with Crippen molar-refractivity contribution in [1.29, 1.82) is 0 Å². The molecule has 2 aliphatic heterocycles. The third-order valence-corrected chi connectivity index (χ3v) is 5.13. The van der Waals surface area contributed by atoms with E-state index in [0.29, 0.717) is 38.8 Å². The summed E-state index contributed by atoms with van der Waals surface area (Å²) in [6, 6.07) is -2.61. The minimum atomic E-state index is -1.07. The van der Waals surface area contributed by atoms with Crippen molar-refractivity contribution < 1.29 is 29.0 Å². The van der Waals surface area contributed by atoms with E-state index in [0.717, 1.165) is 4.90 Å². The molecule has 9 heteroatoms. The highest BCUT2D eigenvalue weighted by Gasteiger charge is 2.47. The normalized spacial score (nSPS) is 23.4. The van der Waals surface area contributed by atoms with Gasteiger partial charge in [0.25, 0.3) is 5.91 Å². The van der Waals surface area contributed by atoms with Crippen LogP contribution in [0.4, 0.5) is 4.79 Å². The number of imide groups is 1. The topological polar surface area (TPSA) is 120 Å². The fraction of sp³-hybridized carbons (Fsp3) is 0.778. The summed E-state index contributed by atoms with van der Waals surface area (Å²) >= 11 is 0. The van der Waals surface area contributed by atoms with Crippen LogP contribution in [0.25, 0.3) is 0 Å². The maximum absolute atomic E-state index is 13.3. The minimum Gasteiger partial charge on any atom is -0.480 e. The number of carbonyl (C=O) groups is 4. The van der Waals surface area contributed by atoms with Crippen LogP contribution in [0.5, 0.6) is 0 Å². The van der Waals surface area contributed by atoms with Gasteiger partial charge in [-0.05, 0) is 25.2 Å². The van der Waals surface area contributed by atoms with Gasteiger partial charge in [0.1, 0.15) is 12.1 Å².